The summed E-state index contributed by atoms with van der Waals surface area (Å²) in [5.41, 5.74) is 2.44. The summed E-state index contributed by atoms with van der Waals surface area (Å²) in [6, 6.07) is 30.3. The van der Waals surface area contributed by atoms with Crippen molar-refractivity contribution in [3.05, 3.63) is 108 Å². The molecule has 3 nitrogen and oxygen atoms in total. The predicted octanol–water partition coefficient (Wildman–Crippen LogP) is 5.81. The van der Waals surface area contributed by atoms with Crippen LogP contribution in [0.2, 0.25) is 0 Å². The van der Waals surface area contributed by atoms with E-state index in [1.807, 2.05) is 42.5 Å². The van der Waals surface area contributed by atoms with Gasteiger partial charge in [-0.15, -0.1) is 0 Å². The number of hydrogen-bond donors (Lipinski definition) is 0. The van der Waals surface area contributed by atoms with Crippen LogP contribution >= 0.6 is 0 Å². The average Bonchev–Trinajstić information content (AvgIpc) is 2.80. The summed E-state index contributed by atoms with van der Waals surface area (Å²) in [4.78, 5) is 15.3. The standard InChI is InChI=1S/C28H33NO2/c1-5-26(31-27(30)23-15-9-6-10-16-23)28(22(2)21-29(3)4,24-17-11-7-12-18-24)25-19-13-8-14-20-25/h6-20,22,26H,5,21H2,1-4H3. The molecule has 0 saturated heterocycles. The minimum absolute atomic E-state index is 0.195. The third-order valence-electron chi connectivity index (χ3n) is 6.06. The lowest BCUT2D eigenvalue weighted by Crippen LogP contribution is -2.50. The number of carbonyl (C=O) groups excluding carboxylic acids is 1. The molecule has 0 fully saturated rings. The molecule has 0 saturated carbocycles. The first-order valence-electron chi connectivity index (χ1n) is 11.0. The Morgan fingerprint density at radius 1 is 0.839 bits per heavy atom. The van der Waals surface area contributed by atoms with Crippen molar-refractivity contribution in [2.75, 3.05) is 20.6 Å². The Morgan fingerprint density at radius 3 is 1.71 bits per heavy atom. The van der Waals surface area contributed by atoms with Gasteiger partial charge in [-0.3, -0.25) is 0 Å². The summed E-state index contributed by atoms with van der Waals surface area (Å²) in [6.07, 6.45) is 0.389. The van der Waals surface area contributed by atoms with Gasteiger partial charge < -0.3 is 9.64 Å². The van der Waals surface area contributed by atoms with E-state index in [2.05, 4.69) is 81.4 Å². The van der Waals surface area contributed by atoms with Gasteiger partial charge in [-0.05, 0) is 49.7 Å². The fraction of sp³-hybridized carbons (Fsp3) is 0.321. The Morgan fingerprint density at radius 2 is 1.29 bits per heavy atom. The average molecular weight is 416 g/mol. The van der Waals surface area contributed by atoms with Gasteiger partial charge >= 0.3 is 5.97 Å². The number of rotatable bonds is 9. The molecule has 0 spiro atoms. The van der Waals surface area contributed by atoms with Crippen molar-refractivity contribution in [2.24, 2.45) is 5.92 Å². The SMILES string of the molecule is CCC(OC(=O)c1ccccc1)C(c1ccccc1)(c1ccccc1)C(C)CN(C)C. The molecule has 3 aromatic rings. The van der Waals surface area contributed by atoms with E-state index in [0.717, 1.165) is 6.54 Å². The van der Waals surface area contributed by atoms with Gasteiger partial charge in [0.05, 0.1) is 11.0 Å². The number of carbonyl (C=O) groups is 1. The van der Waals surface area contributed by atoms with Crippen LogP contribution in [0.3, 0.4) is 0 Å². The molecule has 0 radical (unpaired) electrons. The van der Waals surface area contributed by atoms with Gasteiger partial charge in [0.25, 0.3) is 0 Å². The van der Waals surface area contributed by atoms with Gasteiger partial charge in [0.15, 0.2) is 0 Å². The second kappa shape index (κ2) is 10.4. The molecule has 3 aromatic carbocycles. The maximum atomic E-state index is 13.1. The molecule has 0 N–H and O–H groups in total. The maximum Gasteiger partial charge on any atom is 0.338 e. The molecule has 0 aliphatic heterocycles. The van der Waals surface area contributed by atoms with E-state index in [1.54, 1.807) is 0 Å². The van der Waals surface area contributed by atoms with Crippen molar-refractivity contribution < 1.29 is 9.53 Å². The van der Waals surface area contributed by atoms with Crippen molar-refractivity contribution >= 4 is 5.97 Å². The molecule has 2 atom stereocenters. The van der Waals surface area contributed by atoms with E-state index in [9.17, 15) is 4.79 Å². The van der Waals surface area contributed by atoms with E-state index in [0.29, 0.717) is 12.0 Å². The van der Waals surface area contributed by atoms with Crippen molar-refractivity contribution in [3.8, 4) is 0 Å². The number of hydrogen-bond acceptors (Lipinski definition) is 3. The molecule has 0 bridgehead atoms. The summed E-state index contributed by atoms with van der Waals surface area (Å²) >= 11 is 0. The second-order valence-corrected chi connectivity index (χ2v) is 8.43. The van der Waals surface area contributed by atoms with E-state index in [4.69, 9.17) is 4.74 Å². The third kappa shape index (κ3) is 4.88. The highest BCUT2D eigenvalue weighted by Crippen LogP contribution is 2.45. The lowest BCUT2D eigenvalue weighted by molar-refractivity contribution is -0.00177. The largest absolute Gasteiger partial charge is 0.457 e. The molecular weight excluding hydrogens is 382 g/mol. The Hall–Kier alpha value is -2.91. The van der Waals surface area contributed by atoms with E-state index in [1.165, 1.54) is 11.1 Å². The van der Waals surface area contributed by atoms with Crippen LogP contribution in [-0.2, 0) is 10.2 Å². The molecule has 2 unspecified atom stereocenters. The molecule has 3 rings (SSSR count). The number of ether oxygens (including phenoxy) is 1. The lowest BCUT2D eigenvalue weighted by atomic mass is 9.62. The smallest absolute Gasteiger partial charge is 0.338 e. The molecule has 31 heavy (non-hydrogen) atoms. The fourth-order valence-corrected chi connectivity index (χ4v) is 4.81. The molecule has 3 heteroatoms. The molecule has 162 valence electrons. The van der Waals surface area contributed by atoms with Gasteiger partial charge in [0.1, 0.15) is 6.10 Å². The Bertz CT molecular complexity index is 899. The Balaban J connectivity index is 2.18. The molecule has 0 heterocycles. The van der Waals surface area contributed by atoms with Crippen LogP contribution in [-0.4, -0.2) is 37.6 Å². The molecule has 0 aromatic heterocycles. The lowest BCUT2D eigenvalue weighted by Gasteiger charge is -2.46. The summed E-state index contributed by atoms with van der Waals surface area (Å²) in [7, 11) is 4.18. The van der Waals surface area contributed by atoms with Crippen molar-refractivity contribution in [2.45, 2.75) is 31.8 Å². The second-order valence-electron chi connectivity index (χ2n) is 8.43. The molecule has 0 amide bonds. The van der Waals surface area contributed by atoms with E-state index < -0.39 is 5.41 Å². The molecular formula is C28H33NO2. The number of esters is 1. The minimum Gasteiger partial charge on any atom is -0.457 e. The first-order valence-corrected chi connectivity index (χ1v) is 11.0. The summed E-state index contributed by atoms with van der Waals surface area (Å²) in [6.45, 7) is 5.23. The normalized spacial score (nSPS) is 13.6. The van der Waals surface area contributed by atoms with Crippen LogP contribution in [0.25, 0.3) is 0 Å². The number of nitrogens with zero attached hydrogens (tertiary/aromatic N) is 1. The topological polar surface area (TPSA) is 29.5 Å². The Kier molecular flexibility index (Phi) is 7.64. The minimum atomic E-state index is -0.480. The maximum absolute atomic E-state index is 13.1. The van der Waals surface area contributed by atoms with Crippen LogP contribution in [0.15, 0.2) is 91.0 Å². The van der Waals surface area contributed by atoms with Gasteiger partial charge in [-0.25, -0.2) is 4.79 Å². The van der Waals surface area contributed by atoms with Crippen LogP contribution < -0.4 is 0 Å². The van der Waals surface area contributed by atoms with Gasteiger partial charge in [-0.2, -0.15) is 0 Å². The Labute approximate surface area is 186 Å². The summed E-state index contributed by atoms with van der Waals surface area (Å²) in [5, 5.41) is 0. The molecule has 0 aliphatic rings. The summed E-state index contributed by atoms with van der Waals surface area (Å²) < 4.78 is 6.31. The third-order valence-corrected chi connectivity index (χ3v) is 6.06. The van der Waals surface area contributed by atoms with Gasteiger partial charge in [0, 0.05) is 6.54 Å². The van der Waals surface area contributed by atoms with Crippen LogP contribution in [0.4, 0.5) is 0 Å². The first kappa shape index (κ1) is 22.8. The highest BCUT2D eigenvalue weighted by Gasteiger charge is 2.48. The van der Waals surface area contributed by atoms with E-state index in [-0.39, 0.29) is 18.0 Å². The number of benzene rings is 3. The predicted molar refractivity (Wildman–Crippen MR) is 127 cm³/mol. The van der Waals surface area contributed by atoms with Crippen LogP contribution in [0.5, 0.6) is 0 Å². The monoisotopic (exact) mass is 415 g/mol. The van der Waals surface area contributed by atoms with Crippen LogP contribution in [0, 0.1) is 5.92 Å². The van der Waals surface area contributed by atoms with Gasteiger partial charge in [0.2, 0.25) is 0 Å². The fourth-order valence-electron chi connectivity index (χ4n) is 4.81. The van der Waals surface area contributed by atoms with Crippen molar-refractivity contribution in [1.82, 2.24) is 4.90 Å². The van der Waals surface area contributed by atoms with Crippen molar-refractivity contribution in [3.63, 3.8) is 0 Å². The zero-order valence-electron chi connectivity index (χ0n) is 19.0. The zero-order chi connectivity index (χ0) is 22.3. The van der Waals surface area contributed by atoms with E-state index >= 15 is 0 Å². The van der Waals surface area contributed by atoms with Crippen molar-refractivity contribution in [1.29, 1.82) is 0 Å². The quantitative estimate of drug-likeness (QED) is 0.413. The first-order chi connectivity index (χ1) is 15.0. The van der Waals surface area contributed by atoms with Gasteiger partial charge in [-0.1, -0.05) is 92.7 Å². The highest BCUT2D eigenvalue weighted by molar-refractivity contribution is 5.89. The zero-order valence-corrected chi connectivity index (χ0v) is 19.0. The molecule has 0 aliphatic carbocycles. The highest BCUT2D eigenvalue weighted by atomic mass is 16.5. The summed E-state index contributed by atoms with van der Waals surface area (Å²) in [5.74, 6) is -0.0819. The van der Waals surface area contributed by atoms with Crippen LogP contribution in [0.1, 0.15) is 41.8 Å².